The molecule has 2 aromatic carbocycles. The van der Waals surface area contributed by atoms with Crippen LogP contribution in [0.4, 0.5) is 10.5 Å². The predicted octanol–water partition coefficient (Wildman–Crippen LogP) is 4.25. The van der Waals surface area contributed by atoms with Crippen molar-refractivity contribution in [1.82, 2.24) is 4.90 Å². The van der Waals surface area contributed by atoms with E-state index in [1.54, 1.807) is 13.2 Å². The van der Waals surface area contributed by atoms with Crippen molar-refractivity contribution in [3.05, 3.63) is 58.1 Å². The third-order valence-corrected chi connectivity index (χ3v) is 4.55. The summed E-state index contributed by atoms with van der Waals surface area (Å²) >= 11 is 6.10. The van der Waals surface area contributed by atoms with Crippen LogP contribution in [0.1, 0.15) is 16.7 Å². The first-order valence-electron chi connectivity index (χ1n) is 7.55. The molecular formula is C18H19ClN2O2. The first-order chi connectivity index (χ1) is 11.1. The number of nitrogens with zero attached hydrogens (tertiary/aromatic N) is 1. The van der Waals surface area contributed by atoms with E-state index in [4.69, 9.17) is 16.3 Å². The molecule has 0 bridgehead atoms. The lowest BCUT2D eigenvalue weighted by molar-refractivity contribution is 0.206. The first-order valence-corrected chi connectivity index (χ1v) is 7.93. The average molecular weight is 331 g/mol. The number of benzene rings is 2. The molecule has 1 N–H and O–H groups in total. The number of hydrogen-bond donors (Lipinski definition) is 1. The molecule has 2 amide bonds. The maximum Gasteiger partial charge on any atom is 0.322 e. The number of methoxy groups -OCH3 is 1. The number of hydrogen-bond acceptors (Lipinski definition) is 2. The second-order valence-electron chi connectivity index (χ2n) is 5.67. The smallest absolute Gasteiger partial charge is 0.322 e. The fourth-order valence-corrected chi connectivity index (χ4v) is 2.95. The van der Waals surface area contributed by atoms with Gasteiger partial charge in [-0.25, -0.2) is 4.79 Å². The number of ether oxygens (including phenoxy) is 1. The highest BCUT2D eigenvalue weighted by Crippen LogP contribution is 2.31. The summed E-state index contributed by atoms with van der Waals surface area (Å²) in [6, 6.07) is 11.7. The minimum atomic E-state index is -0.125. The minimum Gasteiger partial charge on any atom is -0.495 e. The fraction of sp³-hybridized carbons (Fsp3) is 0.278. The fourth-order valence-electron chi connectivity index (χ4n) is 2.79. The van der Waals surface area contributed by atoms with Crippen LogP contribution in [-0.2, 0) is 13.0 Å². The maximum absolute atomic E-state index is 12.6. The van der Waals surface area contributed by atoms with Gasteiger partial charge in [0.25, 0.3) is 0 Å². The van der Waals surface area contributed by atoms with Crippen molar-refractivity contribution in [2.75, 3.05) is 19.0 Å². The van der Waals surface area contributed by atoms with E-state index in [2.05, 4.69) is 17.4 Å². The van der Waals surface area contributed by atoms with Crippen molar-refractivity contribution in [2.45, 2.75) is 19.9 Å². The van der Waals surface area contributed by atoms with Gasteiger partial charge in [0.1, 0.15) is 5.75 Å². The number of carbonyl (C=O) groups is 1. The van der Waals surface area contributed by atoms with E-state index in [1.165, 1.54) is 11.1 Å². The number of rotatable bonds is 2. The molecule has 0 fully saturated rings. The summed E-state index contributed by atoms with van der Waals surface area (Å²) in [5.74, 6) is 0.561. The van der Waals surface area contributed by atoms with Gasteiger partial charge in [-0.05, 0) is 36.1 Å². The van der Waals surface area contributed by atoms with E-state index in [0.29, 0.717) is 29.5 Å². The van der Waals surface area contributed by atoms with Gasteiger partial charge in [-0.2, -0.15) is 0 Å². The van der Waals surface area contributed by atoms with Gasteiger partial charge < -0.3 is 15.0 Å². The molecule has 4 nitrogen and oxygen atoms in total. The number of urea groups is 1. The van der Waals surface area contributed by atoms with Crippen molar-refractivity contribution in [3.8, 4) is 5.75 Å². The molecule has 23 heavy (non-hydrogen) atoms. The molecule has 2 aromatic rings. The summed E-state index contributed by atoms with van der Waals surface area (Å²) in [4.78, 5) is 14.4. The van der Waals surface area contributed by atoms with Crippen LogP contribution in [0.25, 0.3) is 0 Å². The summed E-state index contributed by atoms with van der Waals surface area (Å²) in [5, 5.41) is 3.55. The Morgan fingerprint density at radius 1 is 1.26 bits per heavy atom. The molecule has 0 aromatic heterocycles. The van der Waals surface area contributed by atoms with Crippen molar-refractivity contribution in [3.63, 3.8) is 0 Å². The molecule has 5 heteroatoms. The number of halogens is 1. The van der Waals surface area contributed by atoms with Gasteiger partial charge in [-0.15, -0.1) is 0 Å². The highest BCUT2D eigenvalue weighted by atomic mass is 35.5. The van der Waals surface area contributed by atoms with Gasteiger partial charge in [0, 0.05) is 24.2 Å². The predicted molar refractivity (Wildman–Crippen MR) is 92.3 cm³/mol. The van der Waals surface area contributed by atoms with E-state index < -0.39 is 0 Å². The molecule has 0 atom stereocenters. The quantitative estimate of drug-likeness (QED) is 0.894. The highest BCUT2D eigenvalue weighted by molar-refractivity contribution is 6.31. The van der Waals surface area contributed by atoms with Gasteiger partial charge in [0.15, 0.2) is 0 Å². The number of aryl methyl sites for hydroxylation is 1. The number of fused-ring (bicyclic) bond motifs is 1. The third kappa shape index (κ3) is 3.27. The molecule has 0 saturated carbocycles. The van der Waals surface area contributed by atoms with Crippen molar-refractivity contribution in [1.29, 1.82) is 0 Å². The Kier molecular flexibility index (Phi) is 4.44. The average Bonchev–Trinajstić information content (AvgIpc) is 2.57. The Morgan fingerprint density at radius 2 is 2.00 bits per heavy atom. The van der Waals surface area contributed by atoms with Gasteiger partial charge in [-0.3, -0.25) is 0 Å². The van der Waals surface area contributed by atoms with Crippen molar-refractivity contribution < 1.29 is 9.53 Å². The molecule has 0 aliphatic carbocycles. The Labute approximate surface area is 141 Å². The summed E-state index contributed by atoms with van der Waals surface area (Å²) in [6.07, 6.45) is 0.875. The standard InChI is InChI=1S/C18H19ClN2O2/c1-12-9-16(17(23-2)10-15(12)19)20-18(22)21-8-7-13-5-3-4-6-14(13)11-21/h3-6,9-10H,7-8,11H2,1-2H3,(H,20,22). The van der Waals surface area contributed by atoms with Crippen LogP contribution in [0.3, 0.4) is 0 Å². The van der Waals surface area contributed by atoms with Crippen molar-refractivity contribution in [2.24, 2.45) is 0 Å². The molecule has 0 unspecified atom stereocenters. The second kappa shape index (κ2) is 6.50. The van der Waals surface area contributed by atoms with E-state index in [-0.39, 0.29) is 6.03 Å². The summed E-state index contributed by atoms with van der Waals surface area (Å²) in [5.41, 5.74) is 4.05. The number of nitrogens with one attached hydrogen (secondary N) is 1. The van der Waals surface area contributed by atoms with Gasteiger partial charge in [-0.1, -0.05) is 35.9 Å². The lowest BCUT2D eigenvalue weighted by atomic mass is 10.0. The largest absolute Gasteiger partial charge is 0.495 e. The molecule has 120 valence electrons. The van der Waals surface area contributed by atoms with Gasteiger partial charge in [0.05, 0.1) is 12.8 Å². The third-order valence-electron chi connectivity index (χ3n) is 4.14. The number of anilines is 1. The van der Waals surface area contributed by atoms with Gasteiger partial charge in [0.2, 0.25) is 0 Å². The lowest BCUT2D eigenvalue weighted by Gasteiger charge is -2.29. The van der Waals surface area contributed by atoms with E-state index in [1.807, 2.05) is 30.0 Å². The van der Waals surface area contributed by atoms with Crippen LogP contribution < -0.4 is 10.1 Å². The molecule has 3 rings (SSSR count). The molecule has 1 heterocycles. The monoisotopic (exact) mass is 330 g/mol. The first kappa shape index (κ1) is 15.7. The second-order valence-corrected chi connectivity index (χ2v) is 6.08. The Morgan fingerprint density at radius 3 is 2.74 bits per heavy atom. The zero-order valence-corrected chi connectivity index (χ0v) is 14.0. The minimum absolute atomic E-state index is 0.125. The highest BCUT2D eigenvalue weighted by Gasteiger charge is 2.21. The molecule has 0 saturated heterocycles. The number of carbonyl (C=O) groups excluding carboxylic acids is 1. The Balaban J connectivity index is 1.77. The van der Waals surface area contributed by atoms with Gasteiger partial charge >= 0.3 is 6.03 Å². The zero-order valence-electron chi connectivity index (χ0n) is 13.2. The van der Waals surface area contributed by atoms with Crippen molar-refractivity contribution >= 4 is 23.3 Å². The zero-order chi connectivity index (χ0) is 16.4. The van der Waals surface area contributed by atoms with Crippen LogP contribution in [0.15, 0.2) is 36.4 Å². The molecule has 1 aliphatic heterocycles. The van der Waals surface area contributed by atoms with Crippen LogP contribution in [0, 0.1) is 6.92 Å². The summed E-state index contributed by atoms with van der Waals surface area (Å²) < 4.78 is 5.31. The van der Waals surface area contributed by atoms with Crippen LogP contribution in [0.2, 0.25) is 5.02 Å². The van der Waals surface area contributed by atoms with Crippen LogP contribution in [0.5, 0.6) is 5.75 Å². The molecule has 1 aliphatic rings. The van der Waals surface area contributed by atoms with E-state index >= 15 is 0 Å². The SMILES string of the molecule is COc1cc(Cl)c(C)cc1NC(=O)N1CCc2ccccc2C1. The van der Waals surface area contributed by atoms with Crippen LogP contribution >= 0.6 is 11.6 Å². The summed E-state index contributed by atoms with van der Waals surface area (Å²) in [7, 11) is 1.56. The number of amides is 2. The normalized spacial score (nSPS) is 13.4. The Bertz CT molecular complexity index is 746. The van der Waals surface area contributed by atoms with E-state index in [0.717, 1.165) is 12.0 Å². The van der Waals surface area contributed by atoms with E-state index in [9.17, 15) is 4.79 Å². The van der Waals surface area contributed by atoms with Crippen LogP contribution in [-0.4, -0.2) is 24.6 Å². The lowest BCUT2D eigenvalue weighted by Crippen LogP contribution is -2.38. The molecular weight excluding hydrogens is 312 g/mol. The Hall–Kier alpha value is -2.20. The molecule has 0 spiro atoms. The molecule has 0 radical (unpaired) electrons. The topological polar surface area (TPSA) is 41.6 Å². The maximum atomic E-state index is 12.6. The summed E-state index contributed by atoms with van der Waals surface area (Å²) in [6.45, 7) is 3.23.